The third-order valence-electron chi connectivity index (χ3n) is 4.30. The maximum atomic E-state index is 6.30. The fraction of sp³-hybridized carbons (Fsp3) is 0.250. The number of benzene rings is 2. The summed E-state index contributed by atoms with van der Waals surface area (Å²) in [4.78, 5) is 4.49. The smallest absolute Gasteiger partial charge is 0.137 e. The lowest BCUT2D eigenvalue weighted by molar-refractivity contribution is 0.420. The maximum absolute atomic E-state index is 6.30. The SMILES string of the molecule is COc1cccc2c(Cl)cnc(NCC(C)(C)c3ccccc3)c12. The molecule has 1 heterocycles. The molecule has 0 amide bonds. The van der Waals surface area contributed by atoms with E-state index >= 15 is 0 Å². The van der Waals surface area contributed by atoms with Gasteiger partial charge in [0.05, 0.1) is 17.5 Å². The van der Waals surface area contributed by atoms with Crippen molar-refractivity contribution >= 4 is 28.2 Å². The molecule has 124 valence electrons. The molecular weight excluding hydrogens is 320 g/mol. The molecule has 0 aliphatic rings. The second-order valence-corrected chi connectivity index (χ2v) is 6.85. The van der Waals surface area contributed by atoms with Gasteiger partial charge < -0.3 is 10.1 Å². The first-order valence-corrected chi connectivity index (χ1v) is 8.31. The van der Waals surface area contributed by atoms with Gasteiger partial charge in [-0.3, -0.25) is 0 Å². The fourth-order valence-electron chi connectivity index (χ4n) is 2.83. The Labute approximate surface area is 147 Å². The van der Waals surface area contributed by atoms with Crippen molar-refractivity contribution in [1.82, 2.24) is 4.98 Å². The summed E-state index contributed by atoms with van der Waals surface area (Å²) in [5.74, 6) is 1.55. The van der Waals surface area contributed by atoms with Gasteiger partial charge in [0.1, 0.15) is 11.6 Å². The number of nitrogens with zero attached hydrogens (tertiary/aromatic N) is 1. The van der Waals surface area contributed by atoms with E-state index < -0.39 is 0 Å². The van der Waals surface area contributed by atoms with Crippen LogP contribution in [0.2, 0.25) is 5.02 Å². The van der Waals surface area contributed by atoms with Crippen molar-refractivity contribution in [1.29, 1.82) is 0 Å². The number of anilines is 1. The first-order chi connectivity index (χ1) is 11.5. The van der Waals surface area contributed by atoms with Crippen LogP contribution >= 0.6 is 11.6 Å². The minimum Gasteiger partial charge on any atom is -0.496 e. The molecule has 0 atom stereocenters. The van der Waals surface area contributed by atoms with Crippen molar-refractivity contribution in [3.63, 3.8) is 0 Å². The van der Waals surface area contributed by atoms with Crippen molar-refractivity contribution in [2.75, 3.05) is 19.0 Å². The topological polar surface area (TPSA) is 34.1 Å². The number of hydrogen-bond donors (Lipinski definition) is 1. The molecule has 1 aromatic heterocycles. The zero-order valence-corrected chi connectivity index (χ0v) is 14.9. The van der Waals surface area contributed by atoms with Gasteiger partial charge in [0.15, 0.2) is 0 Å². The first-order valence-electron chi connectivity index (χ1n) is 7.93. The van der Waals surface area contributed by atoms with Crippen LogP contribution in [0.5, 0.6) is 5.75 Å². The second kappa shape index (κ2) is 6.70. The van der Waals surface area contributed by atoms with E-state index in [1.807, 2.05) is 24.3 Å². The fourth-order valence-corrected chi connectivity index (χ4v) is 3.04. The Bertz CT molecular complexity index is 847. The lowest BCUT2D eigenvalue weighted by atomic mass is 9.84. The molecule has 0 aliphatic carbocycles. The number of rotatable bonds is 5. The van der Waals surface area contributed by atoms with E-state index in [1.165, 1.54) is 5.56 Å². The van der Waals surface area contributed by atoms with E-state index in [9.17, 15) is 0 Å². The summed E-state index contributed by atoms with van der Waals surface area (Å²) < 4.78 is 5.50. The summed E-state index contributed by atoms with van der Waals surface area (Å²) >= 11 is 6.30. The Morgan fingerprint density at radius 3 is 2.54 bits per heavy atom. The molecule has 0 unspecified atom stereocenters. The van der Waals surface area contributed by atoms with Crippen LogP contribution in [0.3, 0.4) is 0 Å². The lowest BCUT2D eigenvalue weighted by Gasteiger charge is -2.26. The van der Waals surface area contributed by atoms with Gasteiger partial charge in [-0.15, -0.1) is 0 Å². The van der Waals surface area contributed by atoms with E-state index in [0.717, 1.165) is 28.9 Å². The normalized spacial score (nSPS) is 11.5. The quantitative estimate of drug-likeness (QED) is 0.685. The standard InChI is InChI=1S/C20H21ClN2O/c1-20(2,14-8-5-4-6-9-14)13-23-19-18-15(16(21)12-22-19)10-7-11-17(18)24-3/h4-12H,13H2,1-3H3,(H,22,23). The molecule has 3 rings (SSSR count). The van der Waals surface area contributed by atoms with Gasteiger partial charge in [0.2, 0.25) is 0 Å². The molecule has 2 aromatic carbocycles. The molecule has 0 fully saturated rings. The van der Waals surface area contributed by atoms with Crippen molar-refractivity contribution in [2.45, 2.75) is 19.3 Å². The van der Waals surface area contributed by atoms with Crippen LogP contribution in [-0.2, 0) is 5.41 Å². The van der Waals surface area contributed by atoms with Gasteiger partial charge in [-0.25, -0.2) is 4.98 Å². The van der Waals surface area contributed by atoms with E-state index in [2.05, 4.69) is 48.4 Å². The molecule has 1 N–H and O–H groups in total. The summed E-state index contributed by atoms with van der Waals surface area (Å²) in [7, 11) is 1.66. The van der Waals surface area contributed by atoms with E-state index in [0.29, 0.717) is 5.02 Å². The van der Waals surface area contributed by atoms with Gasteiger partial charge in [-0.05, 0) is 11.6 Å². The summed E-state index contributed by atoms with van der Waals surface area (Å²) in [6.45, 7) is 5.17. The number of ether oxygens (including phenoxy) is 1. The number of pyridine rings is 1. The Morgan fingerprint density at radius 2 is 1.83 bits per heavy atom. The van der Waals surface area contributed by atoms with Gasteiger partial charge in [0.25, 0.3) is 0 Å². The highest BCUT2D eigenvalue weighted by molar-refractivity contribution is 6.36. The second-order valence-electron chi connectivity index (χ2n) is 6.44. The number of fused-ring (bicyclic) bond motifs is 1. The first kappa shape index (κ1) is 16.6. The highest BCUT2D eigenvalue weighted by Crippen LogP contribution is 2.35. The molecular formula is C20H21ClN2O. The van der Waals surface area contributed by atoms with Gasteiger partial charge in [0, 0.05) is 23.5 Å². The Kier molecular flexibility index (Phi) is 4.63. The van der Waals surface area contributed by atoms with E-state index in [1.54, 1.807) is 13.3 Å². The summed E-state index contributed by atoms with van der Waals surface area (Å²) in [5, 5.41) is 5.95. The van der Waals surface area contributed by atoms with Crippen LogP contribution in [-0.4, -0.2) is 18.6 Å². The highest BCUT2D eigenvalue weighted by atomic mass is 35.5. The minimum atomic E-state index is -0.0308. The molecule has 0 radical (unpaired) electrons. The Hall–Kier alpha value is -2.26. The molecule has 0 saturated heterocycles. The van der Waals surface area contributed by atoms with Crippen LogP contribution in [0.4, 0.5) is 5.82 Å². The Balaban J connectivity index is 1.95. The van der Waals surface area contributed by atoms with Crippen LogP contribution in [0.15, 0.2) is 54.7 Å². The summed E-state index contributed by atoms with van der Waals surface area (Å²) in [6.07, 6.45) is 1.68. The van der Waals surface area contributed by atoms with Crippen LogP contribution in [0.1, 0.15) is 19.4 Å². The number of halogens is 1. The zero-order chi connectivity index (χ0) is 17.2. The molecule has 4 heteroatoms. The van der Waals surface area contributed by atoms with Crippen molar-refractivity contribution in [3.05, 3.63) is 65.3 Å². The predicted octanol–water partition coefficient (Wildman–Crippen LogP) is 5.29. The number of aromatic nitrogens is 1. The maximum Gasteiger partial charge on any atom is 0.137 e. The van der Waals surface area contributed by atoms with E-state index in [-0.39, 0.29) is 5.41 Å². The molecule has 0 bridgehead atoms. The summed E-state index contributed by atoms with van der Waals surface area (Å²) in [5.41, 5.74) is 1.25. The van der Waals surface area contributed by atoms with Crippen molar-refractivity contribution in [3.8, 4) is 5.75 Å². The monoisotopic (exact) mass is 340 g/mol. The zero-order valence-electron chi connectivity index (χ0n) is 14.1. The number of nitrogens with one attached hydrogen (secondary N) is 1. The molecule has 24 heavy (non-hydrogen) atoms. The molecule has 0 spiro atoms. The molecule has 0 saturated carbocycles. The lowest BCUT2D eigenvalue weighted by Crippen LogP contribution is -2.27. The van der Waals surface area contributed by atoms with Gasteiger partial charge >= 0.3 is 0 Å². The molecule has 0 aliphatic heterocycles. The summed E-state index contributed by atoms with van der Waals surface area (Å²) in [6, 6.07) is 16.3. The molecule has 3 aromatic rings. The van der Waals surface area contributed by atoms with Crippen molar-refractivity contribution < 1.29 is 4.74 Å². The largest absolute Gasteiger partial charge is 0.496 e. The minimum absolute atomic E-state index is 0.0308. The number of hydrogen-bond acceptors (Lipinski definition) is 3. The average molecular weight is 341 g/mol. The van der Waals surface area contributed by atoms with Gasteiger partial charge in [-0.1, -0.05) is 67.9 Å². The van der Waals surface area contributed by atoms with Crippen LogP contribution in [0.25, 0.3) is 10.8 Å². The van der Waals surface area contributed by atoms with E-state index in [4.69, 9.17) is 16.3 Å². The Morgan fingerprint density at radius 1 is 1.08 bits per heavy atom. The average Bonchev–Trinajstić information content (AvgIpc) is 2.61. The third-order valence-corrected chi connectivity index (χ3v) is 4.60. The van der Waals surface area contributed by atoms with Gasteiger partial charge in [-0.2, -0.15) is 0 Å². The molecule has 3 nitrogen and oxygen atoms in total. The van der Waals surface area contributed by atoms with Crippen LogP contribution < -0.4 is 10.1 Å². The van der Waals surface area contributed by atoms with Crippen LogP contribution in [0, 0.1) is 0 Å². The highest BCUT2D eigenvalue weighted by Gasteiger charge is 2.21. The van der Waals surface area contributed by atoms with Crippen molar-refractivity contribution in [2.24, 2.45) is 0 Å². The predicted molar refractivity (Wildman–Crippen MR) is 101 cm³/mol. The number of methoxy groups -OCH3 is 1. The third kappa shape index (κ3) is 3.17.